The van der Waals surface area contributed by atoms with Gasteiger partial charge in [-0.1, -0.05) is 30.3 Å². The zero-order chi connectivity index (χ0) is 23.8. The molecule has 0 bridgehead atoms. The van der Waals surface area contributed by atoms with Gasteiger partial charge in [0.05, 0.1) is 12.5 Å². The fourth-order valence-electron chi connectivity index (χ4n) is 3.53. The van der Waals surface area contributed by atoms with Crippen LogP contribution in [0.25, 0.3) is 0 Å². The number of carboxylic acids is 1. The molecule has 1 aromatic carbocycles. The Bertz CT molecular complexity index is 861. The standard InChI is InChI=1S/C21H29N5O6/c1-12(24-19(29)14(22)11-17(23)27)18(28)25-15(10-13-6-3-2-4-7-13)20(30)26-9-5-8-16(26)21(31)32/h2-4,6-7,12,14-16H,5,8-11,22H2,1H3,(H2,23,27)(H,24,29)(H,25,28)(H,31,32). The van der Waals surface area contributed by atoms with Crippen LogP contribution in [0.4, 0.5) is 0 Å². The Balaban J connectivity index is 2.12. The first-order valence-electron chi connectivity index (χ1n) is 10.3. The van der Waals surface area contributed by atoms with Crippen molar-refractivity contribution >= 4 is 29.6 Å². The molecular weight excluding hydrogens is 418 g/mol. The number of carbonyl (C=O) groups is 5. The van der Waals surface area contributed by atoms with Crippen LogP contribution in [0.15, 0.2) is 30.3 Å². The highest BCUT2D eigenvalue weighted by atomic mass is 16.4. The van der Waals surface area contributed by atoms with Crippen LogP contribution in [0, 0.1) is 0 Å². The van der Waals surface area contributed by atoms with E-state index in [9.17, 15) is 29.1 Å². The van der Waals surface area contributed by atoms with Gasteiger partial charge in [0.2, 0.25) is 23.6 Å². The Morgan fingerprint density at radius 2 is 1.78 bits per heavy atom. The topological polar surface area (TPSA) is 185 Å². The largest absolute Gasteiger partial charge is 0.480 e. The van der Waals surface area contributed by atoms with Crippen molar-refractivity contribution in [3.63, 3.8) is 0 Å². The summed E-state index contributed by atoms with van der Waals surface area (Å²) in [7, 11) is 0. The molecule has 0 spiro atoms. The lowest BCUT2D eigenvalue weighted by Crippen LogP contribution is -2.57. The molecule has 1 aromatic rings. The average molecular weight is 447 g/mol. The number of carboxylic acid groups (broad SMARTS) is 1. The van der Waals surface area contributed by atoms with Gasteiger partial charge in [0.25, 0.3) is 0 Å². The number of carbonyl (C=O) groups excluding carboxylic acids is 4. The van der Waals surface area contributed by atoms with Crippen molar-refractivity contribution in [2.24, 2.45) is 11.5 Å². The lowest BCUT2D eigenvalue weighted by atomic mass is 10.0. The number of nitrogens with one attached hydrogen (secondary N) is 2. The van der Waals surface area contributed by atoms with E-state index in [1.165, 1.54) is 11.8 Å². The minimum absolute atomic E-state index is 0.149. The molecule has 4 atom stereocenters. The van der Waals surface area contributed by atoms with E-state index in [2.05, 4.69) is 10.6 Å². The minimum Gasteiger partial charge on any atom is -0.480 e. The molecule has 1 fully saturated rings. The molecule has 4 unspecified atom stereocenters. The smallest absolute Gasteiger partial charge is 0.326 e. The predicted molar refractivity (Wildman–Crippen MR) is 114 cm³/mol. The Labute approximate surface area is 185 Å². The first kappa shape index (κ1) is 24.8. The van der Waals surface area contributed by atoms with Gasteiger partial charge in [-0.2, -0.15) is 0 Å². The summed E-state index contributed by atoms with van der Waals surface area (Å²) in [5.41, 5.74) is 11.4. The van der Waals surface area contributed by atoms with Crippen molar-refractivity contribution in [1.82, 2.24) is 15.5 Å². The molecule has 7 N–H and O–H groups in total. The molecule has 0 aliphatic carbocycles. The Kier molecular flexibility index (Phi) is 8.71. The van der Waals surface area contributed by atoms with Gasteiger partial charge in [-0.05, 0) is 25.3 Å². The summed E-state index contributed by atoms with van der Waals surface area (Å²) >= 11 is 0. The zero-order valence-electron chi connectivity index (χ0n) is 17.8. The third-order valence-electron chi connectivity index (χ3n) is 5.23. The van der Waals surface area contributed by atoms with Crippen LogP contribution in [0.1, 0.15) is 31.7 Å². The van der Waals surface area contributed by atoms with Gasteiger partial charge in [-0.15, -0.1) is 0 Å². The quantitative estimate of drug-likeness (QED) is 0.289. The maximum Gasteiger partial charge on any atom is 0.326 e. The van der Waals surface area contributed by atoms with Crippen LogP contribution in [0.3, 0.4) is 0 Å². The van der Waals surface area contributed by atoms with Crippen LogP contribution in [0.5, 0.6) is 0 Å². The molecule has 4 amide bonds. The molecule has 174 valence electrons. The first-order valence-corrected chi connectivity index (χ1v) is 10.3. The molecule has 0 radical (unpaired) electrons. The predicted octanol–water partition coefficient (Wildman–Crippen LogP) is -1.50. The van der Waals surface area contributed by atoms with Crippen molar-refractivity contribution in [2.75, 3.05) is 6.54 Å². The Hall–Kier alpha value is -3.47. The number of nitrogens with zero attached hydrogens (tertiary/aromatic N) is 1. The summed E-state index contributed by atoms with van der Waals surface area (Å²) < 4.78 is 0. The van der Waals surface area contributed by atoms with Gasteiger partial charge >= 0.3 is 5.97 Å². The number of benzene rings is 1. The molecule has 11 nitrogen and oxygen atoms in total. The molecule has 0 aromatic heterocycles. The van der Waals surface area contributed by atoms with Crippen molar-refractivity contribution in [3.05, 3.63) is 35.9 Å². The number of nitrogens with two attached hydrogens (primary N) is 2. The maximum absolute atomic E-state index is 13.2. The SMILES string of the molecule is CC(NC(=O)C(N)CC(N)=O)C(=O)NC(Cc1ccccc1)C(=O)N1CCCC1C(=O)O. The molecule has 1 aliphatic rings. The Morgan fingerprint density at radius 3 is 2.38 bits per heavy atom. The fraction of sp³-hybridized carbons (Fsp3) is 0.476. The summed E-state index contributed by atoms with van der Waals surface area (Å²) in [4.78, 5) is 61.7. The molecule has 32 heavy (non-hydrogen) atoms. The lowest BCUT2D eigenvalue weighted by molar-refractivity contribution is -0.149. The van der Waals surface area contributed by atoms with Crippen LogP contribution >= 0.6 is 0 Å². The molecule has 1 saturated heterocycles. The van der Waals surface area contributed by atoms with Crippen molar-refractivity contribution in [3.8, 4) is 0 Å². The number of hydrogen-bond acceptors (Lipinski definition) is 6. The van der Waals surface area contributed by atoms with Gasteiger partial charge in [-0.25, -0.2) is 4.79 Å². The van der Waals surface area contributed by atoms with E-state index >= 15 is 0 Å². The minimum atomic E-state index is -1.20. The summed E-state index contributed by atoms with van der Waals surface area (Å²) in [5, 5.41) is 14.4. The maximum atomic E-state index is 13.2. The summed E-state index contributed by atoms with van der Waals surface area (Å²) in [6.45, 7) is 1.69. The number of likely N-dealkylation sites (tertiary alicyclic amines) is 1. The number of hydrogen-bond donors (Lipinski definition) is 5. The molecule has 2 rings (SSSR count). The van der Waals surface area contributed by atoms with Gasteiger partial charge in [-0.3, -0.25) is 19.2 Å². The second kappa shape index (κ2) is 11.2. The van der Waals surface area contributed by atoms with Gasteiger partial charge in [0, 0.05) is 13.0 Å². The van der Waals surface area contributed by atoms with Crippen LogP contribution in [-0.4, -0.2) is 70.3 Å². The van der Waals surface area contributed by atoms with Crippen molar-refractivity contribution < 1.29 is 29.1 Å². The lowest BCUT2D eigenvalue weighted by Gasteiger charge is -2.28. The zero-order valence-corrected chi connectivity index (χ0v) is 17.8. The Morgan fingerprint density at radius 1 is 1.12 bits per heavy atom. The molecule has 1 aliphatic heterocycles. The van der Waals surface area contributed by atoms with Gasteiger partial charge < -0.3 is 32.1 Å². The highest BCUT2D eigenvalue weighted by Gasteiger charge is 2.38. The first-order chi connectivity index (χ1) is 15.1. The second-order valence-electron chi connectivity index (χ2n) is 7.79. The molecule has 11 heteroatoms. The van der Waals surface area contributed by atoms with E-state index < -0.39 is 53.8 Å². The number of rotatable bonds is 10. The highest BCUT2D eigenvalue weighted by molar-refractivity contribution is 5.95. The van der Waals surface area contributed by atoms with E-state index in [4.69, 9.17) is 11.5 Å². The summed E-state index contributed by atoms with van der Waals surface area (Å²) in [6.07, 6.45) is 0.674. The number of aliphatic carboxylic acids is 1. The van der Waals surface area contributed by atoms with E-state index in [0.717, 1.165) is 5.56 Å². The molecular formula is C21H29N5O6. The number of amides is 4. The van der Waals surface area contributed by atoms with E-state index in [1.54, 1.807) is 24.3 Å². The van der Waals surface area contributed by atoms with Gasteiger partial charge in [0.1, 0.15) is 18.1 Å². The summed E-state index contributed by atoms with van der Waals surface area (Å²) in [5.74, 6) is -3.73. The normalized spacial score (nSPS) is 18.3. The molecule has 1 heterocycles. The van der Waals surface area contributed by atoms with E-state index in [0.29, 0.717) is 12.8 Å². The van der Waals surface area contributed by atoms with E-state index in [1.807, 2.05) is 6.07 Å². The monoisotopic (exact) mass is 447 g/mol. The molecule has 0 saturated carbocycles. The van der Waals surface area contributed by atoms with Crippen molar-refractivity contribution in [2.45, 2.75) is 56.8 Å². The third-order valence-corrected chi connectivity index (χ3v) is 5.23. The highest BCUT2D eigenvalue weighted by Crippen LogP contribution is 2.19. The van der Waals surface area contributed by atoms with Gasteiger partial charge in [0.15, 0.2) is 0 Å². The third kappa shape index (κ3) is 6.77. The van der Waals surface area contributed by atoms with Crippen LogP contribution in [0.2, 0.25) is 0 Å². The van der Waals surface area contributed by atoms with E-state index in [-0.39, 0.29) is 19.4 Å². The second-order valence-corrected chi connectivity index (χ2v) is 7.79. The average Bonchev–Trinajstić information content (AvgIpc) is 3.23. The van der Waals surface area contributed by atoms with Crippen LogP contribution in [-0.2, 0) is 30.4 Å². The summed E-state index contributed by atoms with van der Waals surface area (Å²) in [6, 6.07) is 4.75. The fourth-order valence-corrected chi connectivity index (χ4v) is 3.53. The van der Waals surface area contributed by atoms with Crippen molar-refractivity contribution in [1.29, 1.82) is 0 Å². The number of primary amides is 1. The van der Waals surface area contributed by atoms with Crippen LogP contribution < -0.4 is 22.1 Å².